The van der Waals surface area contributed by atoms with Gasteiger partial charge in [-0.1, -0.05) is 24.3 Å². The first-order valence-corrected chi connectivity index (χ1v) is 6.83. The van der Waals surface area contributed by atoms with Crippen LogP contribution in [0.1, 0.15) is 11.1 Å². The number of rotatable bonds is 2. The molecule has 0 amide bonds. The van der Waals surface area contributed by atoms with Crippen LogP contribution in [0.15, 0.2) is 60.4 Å². The van der Waals surface area contributed by atoms with Gasteiger partial charge in [0, 0.05) is 0 Å². The number of hydroxylamine groups is 1. The van der Waals surface area contributed by atoms with Crippen molar-refractivity contribution in [1.29, 1.82) is 0 Å². The van der Waals surface area contributed by atoms with E-state index in [9.17, 15) is 19.7 Å². The van der Waals surface area contributed by atoms with E-state index < -0.39 is 10.7 Å². The van der Waals surface area contributed by atoms with E-state index in [0.29, 0.717) is 16.0 Å². The Balaban J connectivity index is 2.24. The number of nitrogens with one attached hydrogen (secondary N) is 1. The predicted molar refractivity (Wildman–Crippen MR) is 83.2 cm³/mol. The van der Waals surface area contributed by atoms with E-state index in [1.54, 1.807) is 30.3 Å². The van der Waals surface area contributed by atoms with Gasteiger partial charge in [-0.15, -0.1) is 0 Å². The molecule has 6 nitrogen and oxygen atoms in total. The zero-order valence-corrected chi connectivity index (χ0v) is 11.9. The maximum absolute atomic E-state index is 14.2. The molecule has 1 N–H and O–H groups in total. The van der Waals surface area contributed by atoms with Crippen LogP contribution >= 0.6 is 0 Å². The molecule has 0 saturated heterocycles. The fourth-order valence-corrected chi connectivity index (χ4v) is 2.51. The lowest BCUT2D eigenvalue weighted by molar-refractivity contribution is -0.450. The van der Waals surface area contributed by atoms with E-state index in [2.05, 4.69) is 5.32 Å². The number of halogens is 1. The highest BCUT2D eigenvalue weighted by Gasteiger charge is 2.27. The van der Waals surface area contributed by atoms with Crippen LogP contribution in [0.25, 0.3) is 0 Å². The third-order valence-electron chi connectivity index (χ3n) is 3.43. The van der Waals surface area contributed by atoms with E-state index >= 15 is 0 Å². The summed E-state index contributed by atoms with van der Waals surface area (Å²) in [6.07, 6.45) is 0.742. The molecule has 0 saturated carbocycles. The fraction of sp³-hybridized carbons (Fsp3) is 0.0625. The van der Waals surface area contributed by atoms with Gasteiger partial charge in [0.2, 0.25) is 5.71 Å². The first-order chi connectivity index (χ1) is 11.1. The highest BCUT2D eigenvalue weighted by Crippen LogP contribution is 2.25. The summed E-state index contributed by atoms with van der Waals surface area (Å²) in [5, 5.41) is 26.1. The molecule has 2 aromatic carbocycles. The molecule has 0 aliphatic carbocycles. The van der Waals surface area contributed by atoms with Gasteiger partial charge in [-0.25, -0.2) is 4.39 Å². The van der Waals surface area contributed by atoms with Crippen molar-refractivity contribution in [3.8, 4) is 0 Å². The van der Waals surface area contributed by atoms with Crippen molar-refractivity contribution < 1.29 is 14.1 Å². The van der Waals surface area contributed by atoms with Crippen LogP contribution in [-0.4, -0.2) is 21.9 Å². The topological polar surface area (TPSA) is 81.2 Å². The Hall–Kier alpha value is -3.22. The normalized spacial score (nSPS) is 15.8. The van der Waals surface area contributed by atoms with Crippen molar-refractivity contribution in [1.82, 2.24) is 0 Å². The van der Waals surface area contributed by atoms with E-state index in [1.807, 2.05) is 0 Å². The third kappa shape index (κ3) is 2.89. The molecular formula is C16H12FN3O3. The van der Waals surface area contributed by atoms with Crippen LogP contribution in [0.2, 0.25) is 0 Å². The van der Waals surface area contributed by atoms with Crippen molar-refractivity contribution in [2.45, 2.75) is 0 Å². The predicted octanol–water partition coefficient (Wildman–Crippen LogP) is 2.72. The zero-order valence-electron chi connectivity index (χ0n) is 11.9. The molecule has 7 heteroatoms. The number of anilines is 1. The molecule has 0 atom stereocenters. The molecule has 116 valence electrons. The SMILES string of the molecule is O=[N+]([O-])C=C1C[N+]([O-])=C(c2ccccc2F)c2ccccc2N1. The average Bonchev–Trinajstić information content (AvgIpc) is 2.63. The highest BCUT2D eigenvalue weighted by molar-refractivity contribution is 6.13. The summed E-state index contributed by atoms with van der Waals surface area (Å²) in [6.45, 7) is -0.278. The minimum absolute atomic E-state index is 0.129. The van der Waals surface area contributed by atoms with Gasteiger partial charge in [-0.05, 0) is 24.3 Å². The van der Waals surface area contributed by atoms with Gasteiger partial charge in [-0.2, -0.15) is 4.74 Å². The number of para-hydroxylation sites is 1. The maximum atomic E-state index is 14.2. The molecule has 23 heavy (non-hydrogen) atoms. The number of fused-ring (bicyclic) bond motifs is 1. The number of hydrogen-bond acceptors (Lipinski definition) is 4. The third-order valence-corrected chi connectivity index (χ3v) is 3.43. The van der Waals surface area contributed by atoms with Crippen LogP contribution in [0.5, 0.6) is 0 Å². The zero-order chi connectivity index (χ0) is 16.4. The summed E-state index contributed by atoms with van der Waals surface area (Å²) < 4.78 is 14.7. The Labute approximate surface area is 130 Å². The van der Waals surface area contributed by atoms with Gasteiger partial charge in [0.25, 0.3) is 6.20 Å². The molecule has 0 bridgehead atoms. The molecule has 1 aliphatic heterocycles. The number of benzene rings is 2. The summed E-state index contributed by atoms with van der Waals surface area (Å²) in [6, 6.07) is 12.8. The van der Waals surface area contributed by atoms with Crippen LogP contribution in [0.4, 0.5) is 10.1 Å². The Morgan fingerprint density at radius 1 is 1.13 bits per heavy atom. The Morgan fingerprint density at radius 3 is 2.48 bits per heavy atom. The minimum Gasteiger partial charge on any atom is -0.623 e. The molecule has 0 radical (unpaired) electrons. The second-order valence-electron chi connectivity index (χ2n) is 4.98. The van der Waals surface area contributed by atoms with Crippen LogP contribution in [-0.2, 0) is 0 Å². The van der Waals surface area contributed by atoms with E-state index in [4.69, 9.17) is 0 Å². The lowest BCUT2D eigenvalue weighted by atomic mass is 10.00. The van der Waals surface area contributed by atoms with Gasteiger partial charge in [0.15, 0.2) is 12.2 Å². The molecule has 1 heterocycles. The van der Waals surface area contributed by atoms with Gasteiger partial charge in [-0.3, -0.25) is 10.1 Å². The Morgan fingerprint density at radius 2 is 1.78 bits per heavy atom. The highest BCUT2D eigenvalue weighted by atomic mass is 19.1. The summed E-state index contributed by atoms with van der Waals surface area (Å²) in [5.74, 6) is -0.528. The Bertz CT molecular complexity index is 846. The van der Waals surface area contributed by atoms with Crippen LogP contribution < -0.4 is 5.32 Å². The second-order valence-corrected chi connectivity index (χ2v) is 4.98. The minimum atomic E-state index is -0.632. The summed E-state index contributed by atoms with van der Waals surface area (Å²) in [7, 11) is 0. The molecule has 0 spiro atoms. The first-order valence-electron chi connectivity index (χ1n) is 6.83. The fourth-order valence-electron chi connectivity index (χ4n) is 2.51. The van der Waals surface area contributed by atoms with E-state index in [0.717, 1.165) is 6.20 Å². The largest absolute Gasteiger partial charge is 0.623 e. The maximum Gasteiger partial charge on any atom is 0.260 e. The number of nitro groups is 1. The van der Waals surface area contributed by atoms with Crippen molar-refractivity contribution in [2.24, 2.45) is 0 Å². The lowest BCUT2D eigenvalue weighted by Gasteiger charge is -2.10. The van der Waals surface area contributed by atoms with Crippen molar-refractivity contribution >= 4 is 11.4 Å². The second kappa shape index (κ2) is 5.88. The molecule has 3 rings (SSSR count). The molecule has 0 aromatic heterocycles. The lowest BCUT2D eigenvalue weighted by Crippen LogP contribution is -2.20. The molecule has 2 aromatic rings. The van der Waals surface area contributed by atoms with Crippen molar-refractivity contribution in [3.63, 3.8) is 0 Å². The van der Waals surface area contributed by atoms with Gasteiger partial charge in [0.05, 0.1) is 21.7 Å². The molecular weight excluding hydrogens is 301 g/mol. The number of nitrogens with zero attached hydrogens (tertiary/aromatic N) is 2. The summed E-state index contributed by atoms with van der Waals surface area (Å²) in [5.41, 5.74) is 1.41. The monoisotopic (exact) mass is 313 g/mol. The van der Waals surface area contributed by atoms with Gasteiger partial charge < -0.3 is 10.5 Å². The van der Waals surface area contributed by atoms with Crippen molar-refractivity contribution in [2.75, 3.05) is 11.9 Å². The van der Waals surface area contributed by atoms with Gasteiger partial charge in [0.1, 0.15) is 5.82 Å². The summed E-state index contributed by atoms with van der Waals surface area (Å²) in [4.78, 5) is 10.1. The van der Waals surface area contributed by atoms with Crippen LogP contribution in [0.3, 0.4) is 0 Å². The number of benzodiazepines with no additional fused rings is 1. The molecule has 0 fully saturated rings. The van der Waals surface area contributed by atoms with Crippen molar-refractivity contribution in [3.05, 3.63) is 92.7 Å². The quantitative estimate of drug-likeness (QED) is 0.400. The molecule has 0 unspecified atom stereocenters. The van der Waals surface area contributed by atoms with Gasteiger partial charge >= 0.3 is 0 Å². The molecule has 1 aliphatic rings. The standard InChI is InChI=1S/C16H12FN3O3/c17-14-7-3-1-5-12(14)16-13-6-2-4-8-15(13)18-11(9-19(16)21)10-20(22)23/h1-8,10,18H,9H2. The first kappa shape index (κ1) is 14.7. The Kier molecular flexibility index (Phi) is 3.76. The number of hydrogen-bond donors (Lipinski definition) is 1. The average molecular weight is 313 g/mol. The van der Waals surface area contributed by atoms with E-state index in [1.165, 1.54) is 18.2 Å². The smallest absolute Gasteiger partial charge is 0.260 e. The van der Waals surface area contributed by atoms with E-state index in [-0.39, 0.29) is 23.5 Å². The summed E-state index contributed by atoms with van der Waals surface area (Å²) >= 11 is 0. The van der Waals surface area contributed by atoms with Crippen LogP contribution in [0, 0.1) is 21.1 Å².